The summed E-state index contributed by atoms with van der Waals surface area (Å²) in [6.45, 7) is 14.4. The van der Waals surface area contributed by atoms with Gasteiger partial charge in [0.05, 0.1) is 13.2 Å². The number of ether oxygens (including phenoxy) is 2. The normalized spacial score (nSPS) is 11.8. The Labute approximate surface area is 216 Å². The van der Waals surface area contributed by atoms with Gasteiger partial charge in [0.15, 0.2) is 0 Å². The number of hydrogen-bond donors (Lipinski definition) is 0. The van der Waals surface area contributed by atoms with Gasteiger partial charge >= 0.3 is 0 Å². The first-order valence-electron chi connectivity index (χ1n) is 12.9. The van der Waals surface area contributed by atoms with Crippen molar-refractivity contribution < 1.29 is 9.47 Å². The van der Waals surface area contributed by atoms with Crippen LogP contribution in [0.1, 0.15) is 63.8 Å². The lowest BCUT2D eigenvalue weighted by atomic mass is 9.76. The summed E-state index contributed by atoms with van der Waals surface area (Å²) < 4.78 is 12.3. The molecule has 0 aliphatic heterocycles. The van der Waals surface area contributed by atoms with Crippen LogP contribution in [0.15, 0.2) is 97.1 Å². The molecule has 0 fully saturated rings. The van der Waals surface area contributed by atoms with Gasteiger partial charge in [-0.1, -0.05) is 100 Å². The molecular formula is C34H38O2. The second-order valence-electron chi connectivity index (χ2n) is 10.3. The minimum atomic E-state index is -0.159. The molecule has 0 aliphatic carbocycles. The van der Waals surface area contributed by atoms with Crippen molar-refractivity contribution in [3.8, 4) is 22.6 Å². The van der Waals surface area contributed by atoms with Gasteiger partial charge in [0.1, 0.15) is 11.5 Å². The van der Waals surface area contributed by atoms with Crippen LogP contribution in [-0.2, 0) is 10.8 Å². The van der Waals surface area contributed by atoms with Crippen molar-refractivity contribution in [2.45, 2.75) is 52.4 Å². The van der Waals surface area contributed by atoms with E-state index in [1.807, 2.05) is 13.8 Å². The van der Waals surface area contributed by atoms with Gasteiger partial charge in [-0.05, 0) is 60.4 Å². The van der Waals surface area contributed by atoms with Crippen molar-refractivity contribution in [2.24, 2.45) is 0 Å². The van der Waals surface area contributed by atoms with Crippen LogP contribution >= 0.6 is 0 Å². The molecule has 186 valence electrons. The van der Waals surface area contributed by atoms with Gasteiger partial charge in [0.25, 0.3) is 0 Å². The van der Waals surface area contributed by atoms with Crippen LogP contribution in [0.4, 0.5) is 0 Å². The molecule has 0 aliphatic rings. The summed E-state index contributed by atoms with van der Waals surface area (Å²) in [5.41, 5.74) is 6.85. The minimum absolute atomic E-state index is 0.159. The maximum atomic E-state index is 6.15. The number of rotatable bonds is 9. The van der Waals surface area contributed by atoms with Crippen LogP contribution in [-0.4, -0.2) is 13.2 Å². The summed E-state index contributed by atoms with van der Waals surface area (Å²) in [5, 5.41) is 0. The Morgan fingerprint density at radius 2 is 0.833 bits per heavy atom. The number of benzene rings is 4. The van der Waals surface area contributed by atoms with Gasteiger partial charge in [-0.25, -0.2) is 0 Å². The third-order valence-electron chi connectivity index (χ3n) is 7.28. The standard InChI is InChI=1S/C34H38O2/c1-7-35-31-21-19-27(33(3,4)25-15-11-9-12-16-25)23-29(31)30-24-28(20-22-32(30)36-8-2)34(5,6)26-17-13-10-14-18-26/h9-24H,7-8H2,1-6H3. The maximum Gasteiger partial charge on any atom is 0.127 e. The molecule has 0 unspecified atom stereocenters. The average Bonchev–Trinajstić information content (AvgIpc) is 2.90. The fraction of sp³-hybridized carbons (Fsp3) is 0.294. The lowest BCUT2D eigenvalue weighted by Gasteiger charge is -2.29. The molecule has 0 heterocycles. The van der Waals surface area contributed by atoms with E-state index in [9.17, 15) is 0 Å². The second-order valence-corrected chi connectivity index (χ2v) is 10.3. The van der Waals surface area contributed by atoms with Gasteiger partial charge in [-0.2, -0.15) is 0 Å². The van der Waals surface area contributed by atoms with Gasteiger partial charge in [0, 0.05) is 22.0 Å². The van der Waals surface area contributed by atoms with Crippen LogP contribution in [0.3, 0.4) is 0 Å². The highest BCUT2D eigenvalue weighted by Crippen LogP contribution is 2.43. The molecule has 0 saturated heterocycles. The lowest BCUT2D eigenvalue weighted by molar-refractivity contribution is 0.336. The molecule has 0 aromatic heterocycles. The molecule has 36 heavy (non-hydrogen) atoms. The molecule has 0 radical (unpaired) electrons. The molecule has 4 aromatic rings. The highest BCUT2D eigenvalue weighted by molar-refractivity contribution is 5.78. The predicted molar refractivity (Wildman–Crippen MR) is 151 cm³/mol. The molecule has 2 nitrogen and oxygen atoms in total. The van der Waals surface area contributed by atoms with Crippen LogP contribution in [0.25, 0.3) is 11.1 Å². The zero-order valence-electron chi connectivity index (χ0n) is 22.5. The minimum Gasteiger partial charge on any atom is -0.493 e. The van der Waals surface area contributed by atoms with E-state index in [1.165, 1.54) is 22.3 Å². The van der Waals surface area contributed by atoms with Crippen molar-refractivity contribution in [3.63, 3.8) is 0 Å². The second kappa shape index (κ2) is 10.6. The van der Waals surface area contributed by atoms with Crippen molar-refractivity contribution in [3.05, 3.63) is 119 Å². The first kappa shape index (κ1) is 25.6. The third-order valence-corrected chi connectivity index (χ3v) is 7.28. The van der Waals surface area contributed by atoms with E-state index in [0.29, 0.717) is 13.2 Å². The molecule has 0 saturated carbocycles. The third kappa shape index (κ3) is 5.04. The maximum absolute atomic E-state index is 6.15. The van der Waals surface area contributed by atoms with Crippen LogP contribution in [0.2, 0.25) is 0 Å². The average molecular weight is 479 g/mol. The zero-order valence-corrected chi connectivity index (χ0v) is 22.5. The molecule has 4 aromatic carbocycles. The fourth-order valence-electron chi connectivity index (χ4n) is 4.86. The first-order valence-corrected chi connectivity index (χ1v) is 12.9. The smallest absolute Gasteiger partial charge is 0.127 e. The largest absolute Gasteiger partial charge is 0.493 e. The lowest BCUT2D eigenvalue weighted by Crippen LogP contribution is -2.19. The van der Waals surface area contributed by atoms with Crippen molar-refractivity contribution in [1.82, 2.24) is 0 Å². The van der Waals surface area contributed by atoms with Crippen LogP contribution in [0, 0.1) is 0 Å². The Balaban J connectivity index is 1.91. The van der Waals surface area contributed by atoms with Crippen molar-refractivity contribution in [2.75, 3.05) is 13.2 Å². The summed E-state index contributed by atoms with van der Waals surface area (Å²) in [7, 11) is 0. The Hall–Kier alpha value is -3.52. The molecule has 0 atom stereocenters. The van der Waals surface area contributed by atoms with E-state index in [-0.39, 0.29) is 10.8 Å². The van der Waals surface area contributed by atoms with E-state index < -0.39 is 0 Å². The molecular weight excluding hydrogens is 440 g/mol. The van der Waals surface area contributed by atoms with Gasteiger partial charge in [-0.3, -0.25) is 0 Å². The quantitative estimate of drug-likeness (QED) is 0.239. The Bertz CT molecular complexity index is 1180. The van der Waals surface area contributed by atoms with E-state index in [2.05, 4.69) is 125 Å². The highest BCUT2D eigenvalue weighted by atomic mass is 16.5. The Morgan fingerprint density at radius 3 is 1.17 bits per heavy atom. The molecule has 0 spiro atoms. The summed E-state index contributed by atoms with van der Waals surface area (Å²) in [4.78, 5) is 0. The molecule has 0 bridgehead atoms. The van der Waals surface area contributed by atoms with E-state index in [1.54, 1.807) is 0 Å². The van der Waals surface area contributed by atoms with Crippen molar-refractivity contribution >= 4 is 0 Å². The van der Waals surface area contributed by atoms with Crippen molar-refractivity contribution in [1.29, 1.82) is 0 Å². The Kier molecular flexibility index (Phi) is 7.54. The summed E-state index contributed by atoms with van der Waals surface area (Å²) >= 11 is 0. The molecule has 4 rings (SSSR count). The van der Waals surface area contributed by atoms with E-state index in [0.717, 1.165) is 22.6 Å². The Morgan fingerprint density at radius 1 is 0.472 bits per heavy atom. The number of hydrogen-bond acceptors (Lipinski definition) is 2. The van der Waals surface area contributed by atoms with Gasteiger partial charge in [-0.15, -0.1) is 0 Å². The predicted octanol–water partition coefficient (Wildman–Crippen LogP) is 8.80. The summed E-state index contributed by atoms with van der Waals surface area (Å²) in [6, 6.07) is 34.5. The van der Waals surface area contributed by atoms with E-state index in [4.69, 9.17) is 9.47 Å². The van der Waals surface area contributed by atoms with Gasteiger partial charge in [0.2, 0.25) is 0 Å². The molecule has 2 heteroatoms. The van der Waals surface area contributed by atoms with Gasteiger partial charge < -0.3 is 9.47 Å². The highest BCUT2D eigenvalue weighted by Gasteiger charge is 2.27. The van der Waals surface area contributed by atoms with E-state index >= 15 is 0 Å². The monoisotopic (exact) mass is 478 g/mol. The topological polar surface area (TPSA) is 18.5 Å². The molecule has 0 amide bonds. The first-order chi connectivity index (χ1) is 17.3. The van der Waals surface area contributed by atoms with Crippen LogP contribution < -0.4 is 9.47 Å². The zero-order chi connectivity index (χ0) is 25.8. The summed E-state index contributed by atoms with van der Waals surface area (Å²) in [5.74, 6) is 1.75. The molecule has 0 N–H and O–H groups in total. The summed E-state index contributed by atoms with van der Waals surface area (Å²) in [6.07, 6.45) is 0. The van der Waals surface area contributed by atoms with Crippen LogP contribution in [0.5, 0.6) is 11.5 Å². The fourth-order valence-corrected chi connectivity index (χ4v) is 4.86. The SMILES string of the molecule is CCOc1ccc(C(C)(C)c2ccccc2)cc1-c1cc(C(C)(C)c2ccccc2)ccc1OCC.